The van der Waals surface area contributed by atoms with Crippen LogP contribution in [0.15, 0.2) is 36.4 Å². The monoisotopic (exact) mass is 198 g/mol. The van der Waals surface area contributed by atoms with Crippen LogP contribution in [0, 0.1) is 6.92 Å². The number of hydrogen-bond acceptors (Lipinski definition) is 2. The molecule has 0 aliphatic rings. The van der Waals surface area contributed by atoms with Gasteiger partial charge in [-0.1, -0.05) is 30.3 Å². The zero-order valence-electron chi connectivity index (χ0n) is 8.31. The van der Waals surface area contributed by atoms with Gasteiger partial charge >= 0.3 is 0 Å². The number of hydrogen-bond donors (Lipinski definition) is 1. The lowest BCUT2D eigenvalue weighted by Crippen LogP contribution is -1.87. The van der Waals surface area contributed by atoms with E-state index < -0.39 is 0 Å². The first-order valence-electron chi connectivity index (χ1n) is 4.81. The first-order chi connectivity index (χ1) is 7.33. The molecule has 0 spiro atoms. The molecule has 0 saturated carbocycles. The molecule has 0 atom stereocenters. The van der Waals surface area contributed by atoms with E-state index in [1.807, 2.05) is 31.2 Å². The molecule has 3 rings (SSSR count). The van der Waals surface area contributed by atoms with Crippen molar-refractivity contribution >= 4 is 5.65 Å². The largest absolute Gasteiger partial charge is 0.276 e. The molecule has 0 aliphatic carbocycles. The Hall–Kier alpha value is -2.10. The summed E-state index contributed by atoms with van der Waals surface area (Å²) in [6.07, 6.45) is 0. The Morgan fingerprint density at radius 1 is 1.20 bits per heavy atom. The van der Waals surface area contributed by atoms with E-state index in [9.17, 15) is 0 Å². The molecule has 2 heterocycles. The Labute approximate surface area is 86.6 Å². The number of aromatic amines is 1. The summed E-state index contributed by atoms with van der Waals surface area (Å²) in [4.78, 5) is 4.28. The fourth-order valence-electron chi connectivity index (χ4n) is 1.65. The van der Waals surface area contributed by atoms with E-state index in [-0.39, 0.29) is 0 Å². The van der Waals surface area contributed by atoms with Crippen molar-refractivity contribution in [1.82, 2.24) is 19.8 Å². The van der Waals surface area contributed by atoms with Gasteiger partial charge in [-0.05, 0) is 12.5 Å². The molecule has 3 aromatic rings. The summed E-state index contributed by atoms with van der Waals surface area (Å²) in [5.74, 6) is 0.779. The van der Waals surface area contributed by atoms with Crippen LogP contribution in [0.1, 0.15) is 5.82 Å². The number of nitrogens with zero attached hydrogens (tertiary/aromatic N) is 3. The fraction of sp³-hybridized carbons (Fsp3) is 0.0909. The number of nitrogens with one attached hydrogen (secondary N) is 1. The van der Waals surface area contributed by atoms with Gasteiger partial charge in [-0.15, -0.1) is 5.10 Å². The molecule has 0 aliphatic heterocycles. The Morgan fingerprint density at radius 3 is 2.73 bits per heavy atom. The summed E-state index contributed by atoms with van der Waals surface area (Å²) >= 11 is 0. The summed E-state index contributed by atoms with van der Waals surface area (Å²) in [5, 5.41) is 7.39. The van der Waals surface area contributed by atoms with Crippen LogP contribution in [-0.2, 0) is 0 Å². The van der Waals surface area contributed by atoms with E-state index in [0.717, 1.165) is 22.7 Å². The van der Waals surface area contributed by atoms with Gasteiger partial charge in [0.2, 0.25) is 0 Å². The van der Waals surface area contributed by atoms with Gasteiger partial charge in [-0.2, -0.15) is 4.63 Å². The van der Waals surface area contributed by atoms with Gasteiger partial charge in [0.05, 0.1) is 5.69 Å². The maximum Gasteiger partial charge on any atom is 0.176 e. The van der Waals surface area contributed by atoms with E-state index in [2.05, 4.69) is 27.3 Å². The number of aryl methyl sites for hydroxylation is 1. The lowest BCUT2D eigenvalue weighted by Gasteiger charge is -1.94. The Bertz CT molecular complexity index is 560. The van der Waals surface area contributed by atoms with E-state index in [0.29, 0.717) is 0 Å². The fourth-order valence-corrected chi connectivity index (χ4v) is 1.65. The summed E-state index contributed by atoms with van der Waals surface area (Å²) < 4.78 is 1.69. The molecular formula is C11H10N4. The maximum atomic E-state index is 4.28. The minimum absolute atomic E-state index is 0.779. The molecule has 0 unspecified atom stereocenters. The Balaban J connectivity index is 2.16. The highest BCUT2D eigenvalue weighted by Gasteiger charge is 2.05. The van der Waals surface area contributed by atoms with Crippen molar-refractivity contribution in [3.63, 3.8) is 0 Å². The lowest BCUT2D eigenvalue weighted by molar-refractivity contribution is 0.809. The highest BCUT2D eigenvalue weighted by Crippen LogP contribution is 2.17. The molecule has 4 nitrogen and oxygen atoms in total. The molecule has 1 aromatic carbocycles. The minimum atomic E-state index is 0.779. The van der Waals surface area contributed by atoms with E-state index in [1.54, 1.807) is 4.63 Å². The smallest absolute Gasteiger partial charge is 0.176 e. The third kappa shape index (κ3) is 1.30. The molecule has 0 bridgehead atoms. The topological polar surface area (TPSA) is 46.0 Å². The quantitative estimate of drug-likeness (QED) is 0.650. The average molecular weight is 198 g/mol. The summed E-state index contributed by atoms with van der Waals surface area (Å²) in [6, 6.07) is 12.1. The van der Waals surface area contributed by atoms with E-state index in [4.69, 9.17) is 0 Å². The van der Waals surface area contributed by atoms with Crippen molar-refractivity contribution in [2.75, 3.05) is 0 Å². The Kier molecular flexibility index (Phi) is 1.62. The molecule has 74 valence electrons. The second-order valence-electron chi connectivity index (χ2n) is 3.46. The zero-order chi connectivity index (χ0) is 10.3. The van der Waals surface area contributed by atoms with Crippen molar-refractivity contribution in [2.24, 2.45) is 0 Å². The van der Waals surface area contributed by atoms with Crippen LogP contribution < -0.4 is 0 Å². The van der Waals surface area contributed by atoms with Gasteiger partial charge in [0.15, 0.2) is 5.65 Å². The van der Waals surface area contributed by atoms with E-state index >= 15 is 0 Å². The van der Waals surface area contributed by atoms with Crippen molar-refractivity contribution < 1.29 is 0 Å². The van der Waals surface area contributed by atoms with Gasteiger partial charge in [0.1, 0.15) is 5.82 Å². The van der Waals surface area contributed by atoms with Crippen molar-refractivity contribution in [3.8, 4) is 11.3 Å². The predicted molar refractivity (Wildman–Crippen MR) is 57.5 cm³/mol. The molecule has 0 radical (unpaired) electrons. The SMILES string of the molecule is Cc1nc2cc(-c3ccccc3)[nH]n2n1. The number of benzene rings is 1. The number of aromatic nitrogens is 4. The highest BCUT2D eigenvalue weighted by atomic mass is 15.5. The molecular weight excluding hydrogens is 188 g/mol. The molecule has 2 aromatic heterocycles. The minimum Gasteiger partial charge on any atom is -0.276 e. The second kappa shape index (κ2) is 2.95. The molecule has 4 heteroatoms. The van der Waals surface area contributed by atoms with Gasteiger partial charge in [-0.3, -0.25) is 5.10 Å². The Morgan fingerprint density at radius 2 is 2.00 bits per heavy atom. The first kappa shape index (κ1) is 8.23. The average Bonchev–Trinajstić information content (AvgIpc) is 2.76. The van der Waals surface area contributed by atoms with Gasteiger partial charge in [0.25, 0.3) is 0 Å². The van der Waals surface area contributed by atoms with Crippen LogP contribution in [0.3, 0.4) is 0 Å². The van der Waals surface area contributed by atoms with Crippen molar-refractivity contribution in [1.29, 1.82) is 0 Å². The highest BCUT2D eigenvalue weighted by molar-refractivity contribution is 5.63. The van der Waals surface area contributed by atoms with Crippen LogP contribution in [0.2, 0.25) is 0 Å². The van der Waals surface area contributed by atoms with Crippen LogP contribution in [0.25, 0.3) is 16.9 Å². The summed E-state index contributed by atoms with van der Waals surface area (Å²) in [6.45, 7) is 1.88. The number of fused-ring (bicyclic) bond motifs is 1. The zero-order valence-corrected chi connectivity index (χ0v) is 8.31. The second-order valence-corrected chi connectivity index (χ2v) is 3.46. The molecule has 0 fully saturated rings. The normalized spacial score (nSPS) is 11.0. The van der Waals surface area contributed by atoms with Crippen LogP contribution in [-0.4, -0.2) is 19.8 Å². The third-order valence-corrected chi connectivity index (χ3v) is 2.32. The predicted octanol–water partition coefficient (Wildman–Crippen LogP) is 2.03. The summed E-state index contributed by atoms with van der Waals surface area (Å²) in [5.41, 5.74) is 3.03. The maximum absolute atomic E-state index is 4.28. The molecule has 1 N–H and O–H groups in total. The van der Waals surface area contributed by atoms with Crippen LogP contribution in [0.4, 0.5) is 0 Å². The van der Waals surface area contributed by atoms with Crippen LogP contribution >= 0.6 is 0 Å². The summed E-state index contributed by atoms with van der Waals surface area (Å²) in [7, 11) is 0. The first-order valence-corrected chi connectivity index (χ1v) is 4.81. The number of H-pyrrole nitrogens is 1. The standard InChI is InChI=1S/C11H10N4/c1-8-12-11-7-10(14-15(11)13-8)9-5-3-2-4-6-9/h2-7,14H,1H3. The lowest BCUT2D eigenvalue weighted by atomic mass is 10.2. The van der Waals surface area contributed by atoms with Crippen molar-refractivity contribution in [2.45, 2.75) is 6.92 Å². The van der Waals surface area contributed by atoms with Gasteiger partial charge < -0.3 is 0 Å². The molecule has 0 amide bonds. The number of rotatable bonds is 1. The molecule has 15 heavy (non-hydrogen) atoms. The van der Waals surface area contributed by atoms with Gasteiger partial charge in [-0.25, -0.2) is 4.98 Å². The van der Waals surface area contributed by atoms with E-state index in [1.165, 1.54) is 0 Å². The van der Waals surface area contributed by atoms with Crippen molar-refractivity contribution in [3.05, 3.63) is 42.2 Å². The van der Waals surface area contributed by atoms with Gasteiger partial charge in [0, 0.05) is 6.07 Å². The third-order valence-electron chi connectivity index (χ3n) is 2.32. The van der Waals surface area contributed by atoms with Crippen LogP contribution in [0.5, 0.6) is 0 Å². The molecule has 0 saturated heterocycles.